The zero-order valence-corrected chi connectivity index (χ0v) is 9.93. The van der Waals surface area contributed by atoms with E-state index in [1.54, 1.807) is 12.1 Å². The van der Waals surface area contributed by atoms with Gasteiger partial charge in [-0.15, -0.1) is 0 Å². The summed E-state index contributed by atoms with van der Waals surface area (Å²) in [6, 6.07) is 5.37. The molecule has 0 bridgehead atoms. The number of aliphatic hydroxyl groups is 1. The summed E-state index contributed by atoms with van der Waals surface area (Å²) < 4.78 is 13.1. The zero-order valence-electron chi connectivity index (χ0n) is 8.21. The summed E-state index contributed by atoms with van der Waals surface area (Å²) in [4.78, 5) is 11.3. The molecule has 16 heavy (non-hydrogen) atoms. The number of rotatable bonds is 3. The van der Waals surface area contributed by atoms with Crippen LogP contribution in [0.3, 0.4) is 0 Å². The predicted octanol–water partition coefficient (Wildman–Crippen LogP) is 1.58. The SMILES string of the molecule is O=C(Nc1cccc2c1N=[Se]=N2)OCCO. The molecule has 1 aliphatic heterocycles. The van der Waals surface area contributed by atoms with E-state index in [1.165, 1.54) is 0 Å². The van der Waals surface area contributed by atoms with Gasteiger partial charge in [0.05, 0.1) is 0 Å². The molecular formula is C9H9N3O3Se. The first-order valence-electron chi connectivity index (χ1n) is 4.57. The van der Waals surface area contributed by atoms with Gasteiger partial charge in [-0.2, -0.15) is 0 Å². The Morgan fingerprint density at radius 3 is 3.19 bits per heavy atom. The van der Waals surface area contributed by atoms with Gasteiger partial charge in [-0.1, -0.05) is 0 Å². The molecule has 0 fully saturated rings. The summed E-state index contributed by atoms with van der Waals surface area (Å²) >= 11 is -0.130. The minimum absolute atomic E-state index is 0.0215. The third-order valence-electron chi connectivity index (χ3n) is 1.85. The Bertz CT molecular complexity index is 483. The molecule has 0 aromatic heterocycles. The van der Waals surface area contributed by atoms with E-state index in [-0.39, 0.29) is 27.8 Å². The molecule has 1 aliphatic rings. The molecule has 7 heteroatoms. The Morgan fingerprint density at radius 2 is 2.38 bits per heavy atom. The third kappa shape index (κ3) is 2.38. The Kier molecular flexibility index (Phi) is 3.50. The third-order valence-corrected chi connectivity index (χ3v) is 2.99. The fraction of sp³-hybridized carbons (Fsp3) is 0.222. The number of carbonyl (C=O) groups is 1. The first-order chi connectivity index (χ1) is 7.81. The molecule has 1 heterocycles. The molecule has 0 aliphatic carbocycles. The number of ether oxygens (including phenoxy) is 1. The van der Waals surface area contributed by atoms with Gasteiger partial charge in [-0.05, 0) is 0 Å². The van der Waals surface area contributed by atoms with Crippen molar-refractivity contribution in [1.29, 1.82) is 0 Å². The van der Waals surface area contributed by atoms with Crippen molar-refractivity contribution in [3.63, 3.8) is 0 Å². The summed E-state index contributed by atoms with van der Waals surface area (Å²) in [5, 5.41) is 11.1. The number of amides is 1. The molecule has 0 saturated carbocycles. The van der Waals surface area contributed by atoms with Gasteiger partial charge in [0.25, 0.3) is 0 Å². The number of nitrogens with zero attached hydrogens (tertiary/aromatic N) is 2. The van der Waals surface area contributed by atoms with Crippen LogP contribution in [0.15, 0.2) is 26.1 Å². The molecule has 2 N–H and O–H groups in total. The molecule has 6 nitrogen and oxygen atoms in total. The van der Waals surface area contributed by atoms with Crippen molar-refractivity contribution >= 4 is 37.7 Å². The molecule has 1 amide bonds. The van der Waals surface area contributed by atoms with E-state index in [4.69, 9.17) is 5.11 Å². The fourth-order valence-electron chi connectivity index (χ4n) is 1.19. The minimum atomic E-state index is -0.600. The normalized spacial score (nSPS) is 11.8. The van der Waals surface area contributed by atoms with Crippen molar-refractivity contribution in [3.05, 3.63) is 18.2 Å². The Hall–Kier alpha value is -1.43. The number of hydrogen-bond donors (Lipinski definition) is 2. The summed E-state index contributed by atoms with van der Waals surface area (Å²) in [5.41, 5.74) is 2.08. The van der Waals surface area contributed by atoms with Gasteiger partial charge in [-0.25, -0.2) is 0 Å². The molecule has 1 aromatic carbocycles. The average Bonchev–Trinajstić information content (AvgIpc) is 2.75. The second kappa shape index (κ2) is 5.07. The van der Waals surface area contributed by atoms with Gasteiger partial charge in [0.1, 0.15) is 0 Å². The van der Waals surface area contributed by atoms with Crippen molar-refractivity contribution < 1.29 is 14.6 Å². The van der Waals surface area contributed by atoms with Gasteiger partial charge < -0.3 is 0 Å². The Morgan fingerprint density at radius 1 is 1.50 bits per heavy atom. The molecule has 0 spiro atoms. The molecule has 84 valence electrons. The molecule has 0 unspecified atom stereocenters. The van der Waals surface area contributed by atoms with Crippen molar-refractivity contribution in [1.82, 2.24) is 0 Å². The second-order valence-corrected chi connectivity index (χ2v) is 4.03. The van der Waals surface area contributed by atoms with Crippen molar-refractivity contribution in [2.24, 2.45) is 7.92 Å². The van der Waals surface area contributed by atoms with Crippen molar-refractivity contribution in [2.45, 2.75) is 0 Å². The van der Waals surface area contributed by atoms with Crippen LogP contribution < -0.4 is 5.32 Å². The molecule has 2 rings (SSSR count). The summed E-state index contributed by atoms with van der Waals surface area (Å²) in [7, 11) is 0. The van der Waals surface area contributed by atoms with E-state index in [9.17, 15) is 4.79 Å². The van der Waals surface area contributed by atoms with Crippen LogP contribution in [-0.2, 0) is 4.74 Å². The van der Waals surface area contributed by atoms with E-state index >= 15 is 0 Å². The summed E-state index contributed by atoms with van der Waals surface area (Å²) in [6.45, 7) is -0.213. The monoisotopic (exact) mass is 287 g/mol. The molecular weight excluding hydrogens is 277 g/mol. The Balaban J connectivity index is 2.09. The standard InChI is InChI=1S/C9H9N3O3Se/c13-4-5-15-9(14)10-6-2-1-3-7-8(6)12-16-11-7/h1-3,13H,4-5H2,(H,10,14). The van der Waals surface area contributed by atoms with Crippen LogP contribution in [0.5, 0.6) is 0 Å². The van der Waals surface area contributed by atoms with Crippen LogP contribution in [0.2, 0.25) is 0 Å². The molecule has 1 aromatic rings. The van der Waals surface area contributed by atoms with E-state index in [2.05, 4.69) is 18.0 Å². The van der Waals surface area contributed by atoms with Gasteiger partial charge in [0.2, 0.25) is 0 Å². The van der Waals surface area contributed by atoms with Crippen LogP contribution in [0.4, 0.5) is 21.9 Å². The number of anilines is 1. The second-order valence-electron chi connectivity index (χ2n) is 2.92. The van der Waals surface area contributed by atoms with Crippen LogP contribution >= 0.6 is 0 Å². The predicted molar refractivity (Wildman–Crippen MR) is 58.4 cm³/mol. The fourth-order valence-corrected chi connectivity index (χ4v) is 2.34. The topological polar surface area (TPSA) is 83.3 Å². The first-order valence-corrected chi connectivity index (χ1v) is 6.10. The van der Waals surface area contributed by atoms with Gasteiger partial charge in [-0.3, -0.25) is 0 Å². The van der Waals surface area contributed by atoms with E-state index in [1.807, 2.05) is 6.07 Å². The van der Waals surface area contributed by atoms with Crippen molar-refractivity contribution in [2.75, 3.05) is 18.5 Å². The van der Waals surface area contributed by atoms with Crippen LogP contribution in [0.25, 0.3) is 0 Å². The van der Waals surface area contributed by atoms with Crippen LogP contribution in [-0.4, -0.2) is 39.0 Å². The average molecular weight is 286 g/mol. The quantitative estimate of drug-likeness (QED) is 0.840. The number of carbonyl (C=O) groups excluding carboxylic acids is 1. The number of fused-ring (bicyclic) bond motifs is 1. The molecule has 0 saturated heterocycles. The number of nitrogens with one attached hydrogen (secondary N) is 1. The number of aliphatic hydroxyl groups excluding tert-OH is 1. The van der Waals surface area contributed by atoms with E-state index in [0.29, 0.717) is 11.4 Å². The van der Waals surface area contributed by atoms with Gasteiger partial charge in [0.15, 0.2) is 0 Å². The first kappa shape index (κ1) is 11.1. The number of hydrogen-bond acceptors (Lipinski definition) is 5. The molecule has 0 radical (unpaired) electrons. The van der Waals surface area contributed by atoms with Crippen molar-refractivity contribution in [3.8, 4) is 0 Å². The maximum atomic E-state index is 11.3. The van der Waals surface area contributed by atoms with E-state index in [0.717, 1.165) is 5.69 Å². The van der Waals surface area contributed by atoms with Crippen LogP contribution in [0.1, 0.15) is 0 Å². The van der Waals surface area contributed by atoms with Gasteiger partial charge >= 0.3 is 97.0 Å². The van der Waals surface area contributed by atoms with Crippen LogP contribution in [0, 0.1) is 0 Å². The van der Waals surface area contributed by atoms with E-state index < -0.39 is 6.09 Å². The zero-order chi connectivity index (χ0) is 11.4. The summed E-state index contributed by atoms with van der Waals surface area (Å²) in [6.07, 6.45) is -0.600. The Labute approximate surface area is 97.4 Å². The maximum absolute atomic E-state index is 11.3. The molecule has 0 atom stereocenters. The summed E-state index contributed by atoms with van der Waals surface area (Å²) in [5.74, 6) is 0. The van der Waals surface area contributed by atoms with Gasteiger partial charge in [0, 0.05) is 0 Å². The number of benzene rings is 1.